The Labute approximate surface area is 380 Å². The Hall–Kier alpha value is -1.40. The Balaban J connectivity index is 3.51. The summed E-state index contributed by atoms with van der Waals surface area (Å²) in [5, 5.41) is 23.1. The monoisotopic (exact) mass is 862 g/mol. The van der Waals surface area contributed by atoms with E-state index in [-0.39, 0.29) is 18.5 Å². The van der Waals surface area contributed by atoms with Crippen molar-refractivity contribution in [2.75, 3.05) is 13.2 Å². The van der Waals surface area contributed by atoms with Crippen LogP contribution in [0.3, 0.4) is 0 Å². The van der Waals surface area contributed by atoms with Crippen molar-refractivity contribution in [3.05, 3.63) is 12.2 Å². The van der Waals surface area contributed by atoms with Gasteiger partial charge in [0, 0.05) is 12.8 Å². The van der Waals surface area contributed by atoms with Gasteiger partial charge in [0.15, 0.2) is 0 Å². The zero-order valence-electron chi connectivity index (χ0n) is 41.2. The molecule has 6 nitrogen and oxygen atoms in total. The Morgan fingerprint density at radius 1 is 0.443 bits per heavy atom. The summed E-state index contributed by atoms with van der Waals surface area (Å²) in [4.78, 5) is 24.5. The molecule has 0 spiro atoms. The van der Waals surface area contributed by atoms with Crippen LogP contribution in [-0.2, 0) is 14.3 Å². The number of carbonyl (C=O) groups excluding carboxylic acids is 2. The second kappa shape index (κ2) is 51.2. The summed E-state index contributed by atoms with van der Waals surface area (Å²) < 4.78 is 5.46. The fraction of sp³-hybridized carbons (Fsp3) is 0.927. The van der Waals surface area contributed by atoms with Crippen LogP contribution in [0, 0.1) is 0 Å². The zero-order valence-corrected chi connectivity index (χ0v) is 41.2. The maximum atomic E-state index is 12.5. The van der Waals surface area contributed by atoms with Crippen molar-refractivity contribution in [3.63, 3.8) is 0 Å². The summed E-state index contributed by atoms with van der Waals surface area (Å²) >= 11 is 0. The maximum Gasteiger partial charge on any atom is 0.305 e. The van der Waals surface area contributed by atoms with Crippen molar-refractivity contribution in [2.24, 2.45) is 0 Å². The van der Waals surface area contributed by atoms with E-state index in [1.54, 1.807) is 6.08 Å². The van der Waals surface area contributed by atoms with Crippen molar-refractivity contribution in [3.8, 4) is 0 Å². The van der Waals surface area contributed by atoms with E-state index in [2.05, 4.69) is 19.2 Å². The normalized spacial score (nSPS) is 12.7. The van der Waals surface area contributed by atoms with Gasteiger partial charge in [-0.1, -0.05) is 270 Å². The Morgan fingerprint density at radius 2 is 0.754 bits per heavy atom. The molecule has 0 rings (SSSR count). The second-order valence-electron chi connectivity index (χ2n) is 18.9. The van der Waals surface area contributed by atoms with E-state index in [0.717, 1.165) is 57.8 Å². The average Bonchev–Trinajstić information content (AvgIpc) is 3.26. The predicted molar refractivity (Wildman–Crippen MR) is 264 cm³/mol. The molecule has 0 aliphatic rings. The molecule has 0 saturated heterocycles. The first kappa shape index (κ1) is 59.6. The molecular weight excluding hydrogens is 755 g/mol. The van der Waals surface area contributed by atoms with Crippen LogP contribution in [0.15, 0.2) is 12.2 Å². The number of esters is 1. The molecule has 362 valence electrons. The Morgan fingerprint density at radius 3 is 1.11 bits per heavy atom. The van der Waals surface area contributed by atoms with Crippen LogP contribution in [-0.4, -0.2) is 47.4 Å². The minimum Gasteiger partial charge on any atom is -0.466 e. The lowest BCUT2D eigenvalue weighted by Crippen LogP contribution is -2.45. The van der Waals surface area contributed by atoms with Gasteiger partial charge in [-0.05, 0) is 32.1 Å². The van der Waals surface area contributed by atoms with Gasteiger partial charge in [0.2, 0.25) is 5.91 Å². The van der Waals surface area contributed by atoms with Crippen LogP contribution in [0.5, 0.6) is 0 Å². The molecule has 0 aromatic heterocycles. The number of ether oxygens (including phenoxy) is 1. The summed E-state index contributed by atoms with van der Waals surface area (Å²) in [6.45, 7) is 4.86. The van der Waals surface area contributed by atoms with Gasteiger partial charge in [0.25, 0.3) is 0 Å². The molecule has 6 heteroatoms. The fourth-order valence-corrected chi connectivity index (χ4v) is 8.58. The Kier molecular flexibility index (Phi) is 50.1. The second-order valence-corrected chi connectivity index (χ2v) is 18.9. The number of aliphatic hydroxyl groups is 2. The largest absolute Gasteiger partial charge is 0.466 e. The molecule has 0 bridgehead atoms. The Bertz CT molecular complexity index is 909. The van der Waals surface area contributed by atoms with E-state index >= 15 is 0 Å². The fourth-order valence-electron chi connectivity index (χ4n) is 8.58. The summed E-state index contributed by atoms with van der Waals surface area (Å²) in [6, 6.07) is -0.647. The highest BCUT2D eigenvalue weighted by molar-refractivity contribution is 5.76. The zero-order chi connectivity index (χ0) is 44.4. The lowest BCUT2D eigenvalue weighted by atomic mass is 10.0. The number of amides is 1. The topological polar surface area (TPSA) is 95.9 Å². The van der Waals surface area contributed by atoms with Gasteiger partial charge in [-0.15, -0.1) is 0 Å². The molecule has 2 atom stereocenters. The molecule has 61 heavy (non-hydrogen) atoms. The van der Waals surface area contributed by atoms with Crippen LogP contribution < -0.4 is 5.32 Å². The highest BCUT2D eigenvalue weighted by Gasteiger charge is 2.18. The summed E-state index contributed by atoms with van der Waals surface area (Å²) in [5.74, 6) is -0.116. The third-order valence-corrected chi connectivity index (χ3v) is 12.8. The number of aliphatic hydroxyl groups excluding tert-OH is 2. The van der Waals surface area contributed by atoms with Crippen LogP contribution >= 0.6 is 0 Å². The lowest BCUT2D eigenvalue weighted by Gasteiger charge is -2.20. The molecule has 0 aromatic carbocycles. The van der Waals surface area contributed by atoms with Gasteiger partial charge in [-0.25, -0.2) is 0 Å². The van der Waals surface area contributed by atoms with Crippen molar-refractivity contribution in [1.29, 1.82) is 0 Å². The number of hydrogen-bond donors (Lipinski definition) is 3. The molecule has 0 aliphatic heterocycles. The van der Waals surface area contributed by atoms with Crippen LogP contribution in [0.25, 0.3) is 0 Å². The molecular formula is C55H107NO5. The van der Waals surface area contributed by atoms with Crippen LogP contribution in [0.2, 0.25) is 0 Å². The smallest absolute Gasteiger partial charge is 0.305 e. The molecule has 0 heterocycles. The highest BCUT2D eigenvalue weighted by Crippen LogP contribution is 2.17. The standard InChI is InChI=1S/C55H107NO5/c1-3-5-7-9-11-13-15-17-19-20-21-22-23-25-26-28-31-35-39-43-47-53(58)52(51-57)56-54(59)48-44-40-36-32-30-34-38-42-46-50-61-55(60)49-45-41-37-33-29-27-24-18-16-14-12-10-8-6-4-2/h43,47,52-53,57-58H,3-42,44-46,48-51H2,1-2H3,(H,56,59)/b47-43+. The number of nitrogens with one attached hydrogen (secondary N) is 1. The number of hydrogen-bond acceptors (Lipinski definition) is 5. The summed E-state index contributed by atoms with van der Waals surface area (Å²) in [6.07, 6.45) is 59.3. The third-order valence-electron chi connectivity index (χ3n) is 12.8. The van der Waals surface area contributed by atoms with Crippen molar-refractivity contribution in [1.82, 2.24) is 5.32 Å². The van der Waals surface area contributed by atoms with E-state index in [4.69, 9.17) is 4.74 Å². The number of carbonyl (C=O) groups is 2. The first-order chi connectivity index (χ1) is 30.0. The maximum absolute atomic E-state index is 12.5. The first-order valence-electron chi connectivity index (χ1n) is 27.5. The van der Waals surface area contributed by atoms with Crippen molar-refractivity contribution in [2.45, 2.75) is 315 Å². The lowest BCUT2D eigenvalue weighted by molar-refractivity contribution is -0.143. The predicted octanol–water partition coefficient (Wildman–Crippen LogP) is 16.5. The molecule has 0 radical (unpaired) electrons. The molecule has 2 unspecified atom stereocenters. The molecule has 1 amide bonds. The average molecular weight is 862 g/mol. The molecule has 0 saturated carbocycles. The molecule has 0 aliphatic carbocycles. The first-order valence-corrected chi connectivity index (χ1v) is 27.5. The third kappa shape index (κ3) is 47.9. The quantitative estimate of drug-likeness (QED) is 0.0322. The van der Waals surface area contributed by atoms with Crippen LogP contribution in [0.4, 0.5) is 0 Å². The van der Waals surface area contributed by atoms with E-state index in [9.17, 15) is 19.8 Å². The number of rotatable bonds is 51. The minimum atomic E-state index is -0.861. The van der Waals surface area contributed by atoms with Gasteiger partial charge in [0.05, 0.1) is 25.4 Å². The van der Waals surface area contributed by atoms with E-state index in [0.29, 0.717) is 19.4 Å². The highest BCUT2D eigenvalue weighted by atomic mass is 16.5. The van der Waals surface area contributed by atoms with Gasteiger partial charge in [-0.3, -0.25) is 9.59 Å². The molecule has 3 N–H and O–H groups in total. The number of unbranched alkanes of at least 4 members (excludes halogenated alkanes) is 40. The van der Waals surface area contributed by atoms with Gasteiger partial charge in [0.1, 0.15) is 0 Å². The van der Waals surface area contributed by atoms with Gasteiger partial charge >= 0.3 is 5.97 Å². The van der Waals surface area contributed by atoms with Crippen LogP contribution in [0.1, 0.15) is 303 Å². The van der Waals surface area contributed by atoms with Crippen molar-refractivity contribution < 1.29 is 24.5 Å². The molecule has 0 fully saturated rings. The van der Waals surface area contributed by atoms with E-state index in [1.807, 2.05) is 6.08 Å². The minimum absolute atomic E-state index is 0.0237. The number of allylic oxidation sites excluding steroid dienone is 1. The van der Waals surface area contributed by atoms with E-state index < -0.39 is 12.1 Å². The van der Waals surface area contributed by atoms with Crippen molar-refractivity contribution >= 4 is 11.9 Å². The molecule has 0 aromatic rings. The van der Waals surface area contributed by atoms with Gasteiger partial charge in [-0.2, -0.15) is 0 Å². The summed E-state index contributed by atoms with van der Waals surface area (Å²) in [7, 11) is 0. The SMILES string of the molecule is CCCCCCCCCCCCCCCCCCCC/C=C/C(O)C(CO)NC(=O)CCCCCCCCCCCOC(=O)CCCCCCCCCCCCCCCCC. The summed E-state index contributed by atoms with van der Waals surface area (Å²) in [5.41, 5.74) is 0. The van der Waals surface area contributed by atoms with E-state index in [1.165, 1.54) is 218 Å². The van der Waals surface area contributed by atoms with Gasteiger partial charge < -0.3 is 20.3 Å².